The summed E-state index contributed by atoms with van der Waals surface area (Å²) in [4.78, 5) is 21.3. The number of ether oxygens (including phenoxy) is 1. The third-order valence-corrected chi connectivity index (χ3v) is 1.26. The van der Waals surface area contributed by atoms with E-state index in [-0.39, 0.29) is 12.3 Å². The molecule has 0 aliphatic heterocycles. The molecule has 0 spiro atoms. The van der Waals surface area contributed by atoms with Crippen LogP contribution in [0, 0.1) is 0 Å². The maximum atomic E-state index is 10.7. The Kier molecular flexibility index (Phi) is 5.64. The second-order valence-electron chi connectivity index (χ2n) is 1.71. The van der Waals surface area contributed by atoms with E-state index < -0.39 is 5.97 Å². The lowest BCUT2D eigenvalue weighted by atomic mass is 10.4. The summed E-state index contributed by atoms with van der Waals surface area (Å²) in [6.07, 6.45) is 1.51. The van der Waals surface area contributed by atoms with E-state index in [9.17, 15) is 9.59 Å². The number of hydrogen-bond donors (Lipinski definition) is 1. The van der Waals surface area contributed by atoms with Gasteiger partial charge in [-0.3, -0.25) is 14.3 Å². The van der Waals surface area contributed by atoms with E-state index >= 15 is 0 Å². The lowest BCUT2D eigenvalue weighted by molar-refractivity contribution is -0.145. The third kappa shape index (κ3) is 5.72. The highest BCUT2D eigenvalue weighted by atomic mass is 32.2. The van der Waals surface area contributed by atoms with Gasteiger partial charge in [-0.1, -0.05) is 11.9 Å². The fourth-order valence-corrected chi connectivity index (χ4v) is 0.793. The Morgan fingerprint density at radius 3 is 2.64 bits per heavy atom. The molecule has 0 aliphatic rings. The minimum absolute atomic E-state index is 0.200. The molecule has 4 nitrogen and oxygen atoms in total. The van der Waals surface area contributed by atoms with Crippen molar-refractivity contribution in [2.45, 2.75) is 13.3 Å². The molecule has 1 N–H and O–H groups in total. The molecule has 0 aromatic heterocycles. The zero-order valence-electron chi connectivity index (χ0n) is 6.55. The number of nitrogens with one attached hydrogen (secondary N) is 1. The normalized spacial score (nSPS) is 8.91. The van der Waals surface area contributed by atoms with Gasteiger partial charge in [0.2, 0.25) is 5.91 Å². The Morgan fingerprint density at radius 1 is 1.55 bits per heavy atom. The number of carbonyl (C=O) groups excluding carboxylic acids is 2. The molecular formula is C6H11NO3S. The molecule has 0 aliphatic carbocycles. The average molecular weight is 177 g/mol. The van der Waals surface area contributed by atoms with Gasteiger partial charge in [-0.2, -0.15) is 0 Å². The van der Waals surface area contributed by atoms with Crippen LogP contribution in [0.15, 0.2) is 0 Å². The van der Waals surface area contributed by atoms with Crippen LogP contribution in [0.5, 0.6) is 0 Å². The van der Waals surface area contributed by atoms with Gasteiger partial charge < -0.3 is 4.74 Å². The molecule has 0 heterocycles. The van der Waals surface area contributed by atoms with Gasteiger partial charge in [0.05, 0.1) is 6.61 Å². The largest absolute Gasteiger partial charge is 0.466 e. The molecule has 0 atom stereocenters. The summed E-state index contributed by atoms with van der Waals surface area (Å²) in [6.45, 7) is 2.01. The van der Waals surface area contributed by atoms with Crippen molar-refractivity contribution in [1.82, 2.24) is 4.72 Å². The summed E-state index contributed by atoms with van der Waals surface area (Å²) in [5, 5.41) is 0. The first-order valence-corrected chi connectivity index (χ1v) is 4.40. The van der Waals surface area contributed by atoms with Crippen molar-refractivity contribution < 1.29 is 14.3 Å². The maximum Gasteiger partial charge on any atom is 0.315 e. The highest BCUT2D eigenvalue weighted by Gasteiger charge is 2.08. The second-order valence-corrected chi connectivity index (χ2v) is 2.32. The third-order valence-electron chi connectivity index (χ3n) is 0.826. The topological polar surface area (TPSA) is 55.4 Å². The van der Waals surface area contributed by atoms with Crippen LogP contribution in [0.2, 0.25) is 0 Å². The Bertz CT molecular complexity index is 133. The highest BCUT2D eigenvalue weighted by molar-refractivity contribution is 7.97. The molecule has 0 unspecified atom stereocenters. The van der Waals surface area contributed by atoms with Crippen LogP contribution in [-0.2, 0) is 14.3 Å². The van der Waals surface area contributed by atoms with Crippen LogP contribution in [-0.4, -0.2) is 24.7 Å². The minimum Gasteiger partial charge on any atom is -0.466 e. The summed E-state index contributed by atoms with van der Waals surface area (Å²) in [5.41, 5.74) is 0. The van der Waals surface area contributed by atoms with E-state index in [1.54, 1.807) is 13.2 Å². The molecule has 11 heavy (non-hydrogen) atoms. The smallest absolute Gasteiger partial charge is 0.315 e. The fourth-order valence-electron chi connectivity index (χ4n) is 0.493. The van der Waals surface area contributed by atoms with Gasteiger partial charge in [0.1, 0.15) is 6.42 Å². The molecule has 1 amide bonds. The number of rotatable bonds is 4. The monoisotopic (exact) mass is 177 g/mol. The SMILES string of the molecule is CCOC(=O)CC(=O)NSC. The van der Waals surface area contributed by atoms with Crippen LogP contribution < -0.4 is 4.72 Å². The summed E-state index contributed by atoms with van der Waals surface area (Å²) in [7, 11) is 0. The Labute approximate surface area is 69.8 Å². The van der Waals surface area contributed by atoms with Gasteiger partial charge in [-0.05, 0) is 6.92 Å². The quantitative estimate of drug-likeness (QED) is 0.382. The molecule has 64 valence electrons. The molecule has 0 bridgehead atoms. The van der Waals surface area contributed by atoms with Gasteiger partial charge in [0.15, 0.2) is 0 Å². The minimum atomic E-state index is -0.487. The summed E-state index contributed by atoms with van der Waals surface area (Å²) >= 11 is 1.16. The number of amides is 1. The van der Waals surface area contributed by atoms with E-state index in [1.165, 1.54) is 0 Å². The predicted molar refractivity (Wildman–Crippen MR) is 42.9 cm³/mol. The van der Waals surface area contributed by atoms with Crippen molar-refractivity contribution in [3.63, 3.8) is 0 Å². The molecule has 0 saturated heterocycles. The lowest BCUT2D eigenvalue weighted by Gasteiger charge is -2.00. The maximum absolute atomic E-state index is 10.7. The summed E-state index contributed by atoms with van der Waals surface area (Å²) in [5.74, 6) is -0.810. The number of hydrogen-bond acceptors (Lipinski definition) is 4. The molecule has 0 saturated carbocycles. The summed E-state index contributed by atoms with van der Waals surface area (Å²) in [6, 6.07) is 0. The van der Waals surface area contributed by atoms with Crippen LogP contribution in [0.25, 0.3) is 0 Å². The van der Waals surface area contributed by atoms with Gasteiger partial charge in [0.25, 0.3) is 0 Å². The van der Waals surface area contributed by atoms with Crippen molar-refractivity contribution in [2.24, 2.45) is 0 Å². The Morgan fingerprint density at radius 2 is 2.18 bits per heavy atom. The van der Waals surface area contributed by atoms with Crippen molar-refractivity contribution in [1.29, 1.82) is 0 Å². The molecule has 0 aromatic carbocycles. The molecular weight excluding hydrogens is 166 g/mol. The van der Waals surface area contributed by atoms with E-state index in [0.717, 1.165) is 11.9 Å². The van der Waals surface area contributed by atoms with Crippen molar-refractivity contribution in [2.75, 3.05) is 12.9 Å². The molecule has 5 heteroatoms. The van der Waals surface area contributed by atoms with E-state index in [4.69, 9.17) is 0 Å². The van der Waals surface area contributed by atoms with E-state index in [2.05, 4.69) is 9.46 Å². The zero-order chi connectivity index (χ0) is 8.69. The lowest BCUT2D eigenvalue weighted by Crippen LogP contribution is -2.20. The molecule has 0 rings (SSSR count). The van der Waals surface area contributed by atoms with Crippen LogP contribution >= 0.6 is 11.9 Å². The predicted octanol–water partition coefficient (Wildman–Crippen LogP) is 0.334. The standard InChI is InChI=1S/C6H11NO3S/c1-3-10-6(9)4-5(8)7-11-2/h3-4H2,1-2H3,(H,7,8). The molecule has 0 aromatic rings. The van der Waals surface area contributed by atoms with E-state index in [0.29, 0.717) is 6.61 Å². The fraction of sp³-hybridized carbons (Fsp3) is 0.667. The van der Waals surface area contributed by atoms with Gasteiger partial charge >= 0.3 is 5.97 Å². The van der Waals surface area contributed by atoms with Crippen LogP contribution in [0.1, 0.15) is 13.3 Å². The van der Waals surface area contributed by atoms with Crippen LogP contribution in [0.4, 0.5) is 0 Å². The number of esters is 1. The van der Waals surface area contributed by atoms with Gasteiger partial charge in [0, 0.05) is 6.26 Å². The first-order chi connectivity index (χ1) is 5.20. The molecule has 0 fully saturated rings. The highest BCUT2D eigenvalue weighted by Crippen LogP contribution is 1.89. The second kappa shape index (κ2) is 6.03. The van der Waals surface area contributed by atoms with Crippen LogP contribution in [0.3, 0.4) is 0 Å². The Hall–Kier alpha value is -0.710. The first-order valence-electron chi connectivity index (χ1n) is 3.18. The average Bonchev–Trinajstić information content (AvgIpc) is 1.87. The van der Waals surface area contributed by atoms with Crippen molar-refractivity contribution in [3.8, 4) is 0 Å². The van der Waals surface area contributed by atoms with Gasteiger partial charge in [-0.15, -0.1) is 0 Å². The molecule has 0 radical (unpaired) electrons. The van der Waals surface area contributed by atoms with Gasteiger partial charge in [-0.25, -0.2) is 0 Å². The van der Waals surface area contributed by atoms with Crippen molar-refractivity contribution in [3.05, 3.63) is 0 Å². The Balaban J connectivity index is 3.49. The first kappa shape index (κ1) is 10.3. The summed E-state index contributed by atoms with van der Waals surface area (Å²) < 4.78 is 6.96. The van der Waals surface area contributed by atoms with Crippen molar-refractivity contribution >= 4 is 23.8 Å². The zero-order valence-corrected chi connectivity index (χ0v) is 7.36. The number of carbonyl (C=O) groups is 2. The van der Waals surface area contributed by atoms with E-state index in [1.807, 2.05) is 0 Å².